The number of nitrogens with two attached hydrogens (primary N) is 2. The number of hydrogen-bond acceptors (Lipinski definition) is 7. The molecule has 0 radical (unpaired) electrons. The number of benzene rings is 1. The monoisotopic (exact) mass is 398 g/mol. The summed E-state index contributed by atoms with van der Waals surface area (Å²) in [7, 11) is 0. The summed E-state index contributed by atoms with van der Waals surface area (Å²) in [6.07, 6.45) is 6.05. The molecular formula is C19H19ClN6S. The van der Waals surface area contributed by atoms with Crippen LogP contribution in [0.2, 0.25) is 5.02 Å². The average Bonchev–Trinajstić information content (AvgIpc) is 2.86. The highest BCUT2D eigenvalue weighted by Gasteiger charge is 2.20. The van der Waals surface area contributed by atoms with Crippen molar-refractivity contribution in [3.8, 4) is 0 Å². The smallest absolute Gasteiger partial charge is 0.147 e. The second kappa shape index (κ2) is 7.72. The molecule has 4 N–H and O–H groups in total. The fraction of sp³-hybridized carbons (Fsp3) is 0.211. The van der Waals surface area contributed by atoms with E-state index in [-0.39, 0.29) is 6.04 Å². The Bertz CT molecular complexity index is 949. The highest BCUT2D eigenvalue weighted by atomic mass is 35.5. The Labute approximate surface area is 167 Å². The molecule has 27 heavy (non-hydrogen) atoms. The van der Waals surface area contributed by atoms with E-state index in [1.165, 1.54) is 22.9 Å². The lowest BCUT2D eigenvalue weighted by Crippen LogP contribution is -2.24. The van der Waals surface area contributed by atoms with Crippen molar-refractivity contribution in [2.75, 3.05) is 17.2 Å². The van der Waals surface area contributed by atoms with Gasteiger partial charge in [-0.1, -0.05) is 47.6 Å². The minimum atomic E-state index is 0.0493. The highest BCUT2D eigenvalue weighted by Crippen LogP contribution is 2.34. The number of aromatic nitrogens is 3. The molecule has 0 amide bonds. The Morgan fingerprint density at radius 2 is 1.96 bits per heavy atom. The quantitative estimate of drug-likeness (QED) is 0.695. The van der Waals surface area contributed by atoms with Crippen LogP contribution in [0.25, 0.3) is 0 Å². The van der Waals surface area contributed by atoms with Crippen LogP contribution in [0.5, 0.6) is 0 Å². The summed E-state index contributed by atoms with van der Waals surface area (Å²) in [5.74, 6) is 1.15. The van der Waals surface area contributed by atoms with Gasteiger partial charge < -0.3 is 16.4 Å². The van der Waals surface area contributed by atoms with Crippen molar-refractivity contribution in [3.05, 3.63) is 65.1 Å². The number of hydrogen-bond donors (Lipinski definition) is 2. The van der Waals surface area contributed by atoms with Gasteiger partial charge in [-0.2, -0.15) is 0 Å². The van der Waals surface area contributed by atoms with Gasteiger partial charge in [0.05, 0.1) is 17.4 Å². The van der Waals surface area contributed by atoms with Crippen molar-refractivity contribution in [1.29, 1.82) is 0 Å². The molecular weight excluding hydrogens is 380 g/mol. The Hall–Kier alpha value is -2.35. The summed E-state index contributed by atoms with van der Waals surface area (Å²) in [5, 5.41) is 1.18. The summed E-state index contributed by atoms with van der Waals surface area (Å²) in [6.45, 7) is 1.61. The second-order valence-corrected chi connectivity index (χ2v) is 7.78. The van der Waals surface area contributed by atoms with E-state index in [9.17, 15) is 0 Å². The van der Waals surface area contributed by atoms with Crippen LogP contribution in [0.4, 0.5) is 11.6 Å². The van der Waals surface area contributed by atoms with E-state index in [4.69, 9.17) is 23.1 Å². The highest BCUT2D eigenvalue weighted by molar-refractivity contribution is 7.99. The van der Waals surface area contributed by atoms with Gasteiger partial charge in [0.2, 0.25) is 0 Å². The fourth-order valence-electron chi connectivity index (χ4n) is 3.13. The molecule has 8 heteroatoms. The van der Waals surface area contributed by atoms with Gasteiger partial charge in [-0.15, -0.1) is 0 Å². The molecule has 0 fully saturated rings. The first-order chi connectivity index (χ1) is 13.1. The average molecular weight is 399 g/mol. The zero-order valence-electron chi connectivity index (χ0n) is 14.5. The van der Waals surface area contributed by atoms with Gasteiger partial charge in [0.1, 0.15) is 16.7 Å². The maximum absolute atomic E-state index is 6.33. The standard InChI is InChI=1S/C19H19ClN6S/c20-18-15(5-7-23-19(18)22)27-17-10-24-16(9-25-17)26-8-6-14(21)13-4-2-1-3-12(13)11-26/h1-5,7,9-10,14H,6,8,11,21H2,(H2,22,23)/t14-/m0/s1. The van der Waals surface area contributed by atoms with Crippen LogP contribution in [0.1, 0.15) is 23.6 Å². The molecule has 6 nitrogen and oxygen atoms in total. The van der Waals surface area contributed by atoms with E-state index >= 15 is 0 Å². The molecule has 1 aliphatic heterocycles. The van der Waals surface area contributed by atoms with E-state index in [1.54, 1.807) is 18.6 Å². The molecule has 0 aliphatic carbocycles. The van der Waals surface area contributed by atoms with Crippen LogP contribution in [0.15, 0.2) is 58.8 Å². The maximum Gasteiger partial charge on any atom is 0.147 e. The molecule has 0 unspecified atom stereocenters. The number of fused-ring (bicyclic) bond motifs is 1. The summed E-state index contributed by atoms with van der Waals surface area (Å²) in [4.78, 5) is 16.1. The normalized spacial score (nSPS) is 16.7. The molecule has 0 spiro atoms. The molecule has 0 bridgehead atoms. The molecule has 138 valence electrons. The first kappa shape index (κ1) is 18.0. The lowest BCUT2D eigenvalue weighted by atomic mass is 10.0. The summed E-state index contributed by atoms with van der Waals surface area (Å²) >= 11 is 7.61. The van der Waals surface area contributed by atoms with Gasteiger partial charge in [0, 0.05) is 30.2 Å². The third-order valence-corrected chi connectivity index (χ3v) is 6.05. The van der Waals surface area contributed by atoms with E-state index < -0.39 is 0 Å². The SMILES string of the molecule is Nc1nccc(Sc2cnc(N3CC[C@H](N)c4ccccc4C3)cn2)c1Cl. The summed E-state index contributed by atoms with van der Waals surface area (Å²) in [5.41, 5.74) is 14.5. The number of nitrogens with zero attached hydrogens (tertiary/aromatic N) is 4. The van der Waals surface area contributed by atoms with Gasteiger partial charge in [-0.05, 0) is 23.6 Å². The van der Waals surface area contributed by atoms with Crippen LogP contribution in [0.3, 0.4) is 0 Å². The van der Waals surface area contributed by atoms with Gasteiger partial charge >= 0.3 is 0 Å². The molecule has 3 aromatic rings. The molecule has 0 saturated carbocycles. The molecule has 1 aliphatic rings. The van der Waals surface area contributed by atoms with Crippen molar-refractivity contribution in [2.45, 2.75) is 28.9 Å². The topological polar surface area (TPSA) is 94.0 Å². The first-order valence-electron chi connectivity index (χ1n) is 8.60. The molecule has 1 atom stereocenters. The Balaban J connectivity index is 1.53. The predicted molar refractivity (Wildman–Crippen MR) is 109 cm³/mol. The Kier molecular flexibility index (Phi) is 5.15. The summed E-state index contributed by atoms with van der Waals surface area (Å²) in [6, 6.07) is 10.2. The van der Waals surface area contributed by atoms with E-state index in [2.05, 4.69) is 32.0 Å². The van der Waals surface area contributed by atoms with Gasteiger partial charge in [-0.25, -0.2) is 15.0 Å². The van der Waals surface area contributed by atoms with Crippen molar-refractivity contribution in [1.82, 2.24) is 15.0 Å². The number of halogens is 1. The molecule has 2 aromatic heterocycles. The van der Waals surface area contributed by atoms with Gasteiger partial charge in [0.15, 0.2) is 0 Å². The number of pyridine rings is 1. The lowest BCUT2D eigenvalue weighted by molar-refractivity contribution is 0.650. The van der Waals surface area contributed by atoms with Crippen molar-refractivity contribution in [2.24, 2.45) is 5.73 Å². The van der Waals surface area contributed by atoms with Crippen LogP contribution in [-0.4, -0.2) is 21.5 Å². The molecule has 3 heterocycles. The predicted octanol–water partition coefficient (Wildman–Crippen LogP) is 3.67. The number of rotatable bonds is 3. The number of anilines is 2. The van der Waals surface area contributed by atoms with Crippen LogP contribution >= 0.6 is 23.4 Å². The molecule has 0 saturated heterocycles. The summed E-state index contributed by atoms with van der Waals surface area (Å²) < 4.78 is 0. The lowest BCUT2D eigenvalue weighted by Gasteiger charge is -2.21. The fourth-order valence-corrected chi connectivity index (χ4v) is 4.12. The Morgan fingerprint density at radius 1 is 1.11 bits per heavy atom. The largest absolute Gasteiger partial charge is 0.382 e. The van der Waals surface area contributed by atoms with Crippen molar-refractivity contribution in [3.63, 3.8) is 0 Å². The van der Waals surface area contributed by atoms with Crippen LogP contribution < -0.4 is 16.4 Å². The van der Waals surface area contributed by atoms with Crippen LogP contribution in [-0.2, 0) is 6.54 Å². The van der Waals surface area contributed by atoms with Crippen molar-refractivity contribution >= 4 is 35.0 Å². The van der Waals surface area contributed by atoms with Crippen molar-refractivity contribution < 1.29 is 0 Å². The van der Waals surface area contributed by atoms with E-state index in [1.807, 2.05) is 18.2 Å². The number of nitrogen functional groups attached to an aromatic ring is 1. The third kappa shape index (κ3) is 3.85. The first-order valence-corrected chi connectivity index (χ1v) is 9.79. The van der Waals surface area contributed by atoms with Gasteiger partial charge in [-0.3, -0.25) is 0 Å². The second-order valence-electron chi connectivity index (χ2n) is 6.34. The van der Waals surface area contributed by atoms with E-state index in [0.717, 1.165) is 35.2 Å². The molecule has 4 rings (SSSR count). The minimum absolute atomic E-state index is 0.0493. The minimum Gasteiger partial charge on any atom is -0.382 e. The Morgan fingerprint density at radius 3 is 2.78 bits per heavy atom. The van der Waals surface area contributed by atoms with Gasteiger partial charge in [0.25, 0.3) is 0 Å². The third-order valence-electron chi connectivity index (χ3n) is 4.56. The van der Waals surface area contributed by atoms with Crippen LogP contribution in [0, 0.1) is 0 Å². The van der Waals surface area contributed by atoms with E-state index in [0.29, 0.717) is 10.8 Å². The maximum atomic E-state index is 6.33. The zero-order valence-corrected chi connectivity index (χ0v) is 16.1. The zero-order chi connectivity index (χ0) is 18.8. The molecule has 1 aromatic carbocycles.